The van der Waals surface area contributed by atoms with E-state index in [0.29, 0.717) is 0 Å². The third-order valence-corrected chi connectivity index (χ3v) is 55.1. The van der Waals surface area contributed by atoms with E-state index in [1.54, 1.807) is 0 Å². The molecule has 6 fully saturated rings. The highest BCUT2D eigenvalue weighted by atomic mass is 28.6. The highest BCUT2D eigenvalue weighted by molar-refractivity contribution is 7.08. The van der Waals surface area contributed by atoms with E-state index < -0.39 is 106 Å². The van der Waals surface area contributed by atoms with Crippen LogP contribution in [-0.2, 0) is 74.1 Å². The second-order valence-electron chi connectivity index (χ2n) is 11.5. The van der Waals surface area contributed by atoms with Gasteiger partial charge >= 0.3 is 106 Å². The molecule has 54 heavy (non-hydrogen) atoms. The van der Waals surface area contributed by atoms with Crippen LogP contribution >= 0.6 is 0 Å². The van der Waals surface area contributed by atoms with Gasteiger partial charge in [0, 0.05) is 0 Å². The minimum absolute atomic E-state index is 1.26. The third kappa shape index (κ3) is 6.17. The van der Waals surface area contributed by atoms with Crippen molar-refractivity contribution in [1.29, 1.82) is 0 Å². The average Bonchev–Trinajstić information content (AvgIpc) is 3.13. The lowest BCUT2D eigenvalue weighted by Gasteiger charge is -2.60. The number of rotatable bonds is 12. The van der Waals surface area contributed by atoms with Crippen LogP contribution in [0.1, 0.15) is 0 Å². The molecule has 18 nitrogen and oxygen atoms in total. The molecule has 0 aromatic heterocycles. The summed E-state index contributed by atoms with van der Waals surface area (Å²) in [5.74, 6) is 0. The van der Waals surface area contributed by atoms with Gasteiger partial charge in [0.25, 0.3) is 0 Å². The topological polar surface area (TPSA) is 166 Å². The molecule has 288 valence electrons. The Morgan fingerprint density at radius 1 is 0.148 bits per heavy atom. The summed E-state index contributed by atoms with van der Waals surface area (Å²) in [4.78, 5) is 0. The van der Waals surface area contributed by atoms with Crippen molar-refractivity contribution in [3.05, 3.63) is 147 Å². The zero-order valence-corrected chi connectivity index (χ0v) is 40.8. The fraction of sp³-hybridized carbons (Fsp3) is 0. The molecule has 0 amide bonds. The predicted octanol–water partition coefficient (Wildman–Crippen LogP) is 2.35. The van der Waals surface area contributed by atoms with Crippen molar-refractivity contribution < 1.29 is 74.1 Å². The van der Waals surface area contributed by atoms with E-state index in [0.717, 1.165) is 0 Å². The van der Waals surface area contributed by atoms with E-state index in [1.165, 1.54) is 68.4 Å². The molecule has 0 atom stereocenters. The molecule has 12 bridgehead atoms. The van der Waals surface area contributed by atoms with Crippen molar-refractivity contribution in [1.82, 2.24) is 0 Å². The van der Waals surface area contributed by atoms with Gasteiger partial charge in [-0.3, -0.25) is 0 Å². The summed E-state index contributed by atoms with van der Waals surface area (Å²) < 4.78 is 124. The van der Waals surface area contributed by atoms with E-state index in [-0.39, 0.29) is 0 Å². The Hall–Kier alpha value is -1.24. The summed E-state index contributed by atoms with van der Waals surface area (Å²) in [5, 5.41) is 0. The highest BCUT2D eigenvalue weighted by Crippen LogP contribution is 2.51. The highest BCUT2D eigenvalue weighted by Gasteiger charge is 2.82. The van der Waals surface area contributed by atoms with Crippen LogP contribution in [0.4, 0.5) is 0 Å². The SMILES string of the molecule is C=C[Si]12O[Si]3(C=C)O[Si]4(C=C)O[Si](C=C)(O1)O[Si]1(C=C)O[Si](C=C)(O4)O[Si]4(C=C)O[Si](C=C)(O1)O[Si]1(C=C)O[Si](C=C)(O[Si](C=C)(O[Si](C=C)(O2)O1)O3)O4. The van der Waals surface area contributed by atoms with Crippen molar-refractivity contribution in [3.8, 4) is 0 Å². The molecular weight excluding hydrogens is 913 g/mol. The fourth-order valence-corrected chi connectivity index (χ4v) is 65.9. The molecule has 0 aromatic carbocycles. The molecule has 6 rings (SSSR count). The van der Waals surface area contributed by atoms with Gasteiger partial charge in [-0.15, -0.1) is 78.9 Å². The Labute approximate surface area is 325 Å². The second-order valence-corrected chi connectivity index (χ2v) is 45.6. The molecule has 0 saturated carbocycles. The molecule has 6 aliphatic rings. The van der Waals surface area contributed by atoms with Crippen LogP contribution in [0, 0.1) is 0 Å². The first kappa shape index (κ1) is 40.9. The zero-order valence-electron chi connectivity index (χ0n) is 28.8. The Morgan fingerprint density at radius 2 is 0.204 bits per heavy atom. The minimum Gasteiger partial charge on any atom is -0.367 e. The Bertz CT molecular complexity index is 1320. The predicted molar refractivity (Wildman–Crippen MR) is 211 cm³/mol. The summed E-state index contributed by atoms with van der Waals surface area (Å²) in [5.41, 5.74) is 15.1. The molecule has 6 saturated heterocycles. The Balaban J connectivity index is 1.72. The summed E-state index contributed by atoms with van der Waals surface area (Å²) in [6.45, 7) is 48.2. The van der Waals surface area contributed by atoms with Crippen molar-refractivity contribution >= 4 is 106 Å². The van der Waals surface area contributed by atoms with Gasteiger partial charge in [0.1, 0.15) is 0 Å². The maximum Gasteiger partial charge on any atom is 0.507 e. The number of fused-ring (bicyclic) bond motifs is 12. The van der Waals surface area contributed by atoms with Gasteiger partial charge in [-0.2, -0.15) is 0 Å². The van der Waals surface area contributed by atoms with Gasteiger partial charge < -0.3 is 74.1 Å². The van der Waals surface area contributed by atoms with Crippen molar-refractivity contribution in [2.24, 2.45) is 0 Å². The Kier molecular flexibility index (Phi) is 9.96. The molecular formula is C24H36O18Si12. The van der Waals surface area contributed by atoms with Crippen LogP contribution in [-0.4, -0.2) is 106 Å². The molecule has 6 aliphatic heterocycles. The van der Waals surface area contributed by atoms with Gasteiger partial charge in [-0.1, -0.05) is 0 Å². The first-order chi connectivity index (χ1) is 25.5. The summed E-state index contributed by atoms with van der Waals surface area (Å²) in [7, 11) is -56.1. The van der Waals surface area contributed by atoms with Crippen LogP contribution in [0.15, 0.2) is 147 Å². The summed E-state index contributed by atoms with van der Waals surface area (Å²) >= 11 is 0. The zero-order chi connectivity index (χ0) is 39.2. The fourth-order valence-electron chi connectivity index (χ4n) is 5.82. The second kappa shape index (κ2) is 13.1. The van der Waals surface area contributed by atoms with Gasteiger partial charge in [0.2, 0.25) is 0 Å². The summed E-state index contributed by atoms with van der Waals surface area (Å²) in [6, 6.07) is 0. The lowest BCUT2D eigenvalue weighted by Crippen LogP contribution is -2.87. The first-order valence-electron chi connectivity index (χ1n) is 15.7. The van der Waals surface area contributed by atoms with Crippen molar-refractivity contribution in [2.45, 2.75) is 0 Å². The van der Waals surface area contributed by atoms with Gasteiger partial charge in [0.05, 0.1) is 0 Å². The lowest BCUT2D eigenvalue weighted by molar-refractivity contribution is -0.00332. The summed E-state index contributed by atoms with van der Waals surface area (Å²) in [6.07, 6.45) is 0. The maximum atomic E-state index is 6.90. The van der Waals surface area contributed by atoms with Crippen LogP contribution in [0.5, 0.6) is 0 Å². The van der Waals surface area contributed by atoms with E-state index in [1.807, 2.05) is 0 Å². The lowest BCUT2D eigenvalue weighted by atomic mass is 11.3. The minimum atomic E-state index is -4.68. The molecule has 6 heterocycles. The van der Waals surface area contributed by atoms with E-state index in [2.05, 4.69) is 78.9 Å². The normalized spacial score (nSPS) is 52.9. The maximum absolute atomic E-state index is 6.90. The molecule has 0 aliphatic carbocycles. The van der Waals surface area contributed by atoms with E-state index >= 15 is 0 Å². The molecule has 30 heteroatoms. The van der Waals surface area contributed by atoms with E-state index in [4.69, 9.17) is 74.1 Å². The smallest absolute Gasteiger partial charge is 0.367 e. The molecule has 0 spiro atoms. The van der Waals surface area contributed by atoms with Crippen LogP contribution in [0.2, 0.25) is 0 Å². The quantitative estimate of drug-likeness (QED) is 0.262. The monoisotopic (exact) mass is 948 g/mol. The van der Waals surface area contributed by atoms with Crippen LogP contribution in [0.25, 0.3) is 0 Å². The molecule has 0 N–H and O–H groups in total. The molecule has 0 unspecified atom stereocenters. The Morgan fingerprint density at radius 3 is 0.241 bits per heavy atom. The largest absolute Gasteiger partial charge is 0.507 e. The van der Waals surface area contributed by atoms with Gasteiger partial charge in [-0.05, 0) is 68.4 Å². The van der Waals surface area contributed by atoms with Gasteiger partial charge in [0.15, 0.2) is 0 Å². The van der Waals surface area contributed by atoms with Crippen molar-refractivity contribution in [3.63, 3.8) is 0 Å². The number of hydrogen-bond donors (Lipinski definition) is 0. The number of hydrogen-bond acceptors (Lipinski definition) is 18. The van der Waals surface area contributed by atoms with Crippen LogP contribution < -0.4 is 0 Å². The van der Waals surface area contributed by atoms with Crippen molar-refractivity contribution in [2.75, 3.05) is 0 Å². The first-order valence-corrected chi connectivity index (χ1v) is 37.3. The molecule has 0 aromatic rings. The molecule has 0 radical (unpaired) electrons. The van der Waals surface area contributed by atoms with E-state index in [9.17, 15) is 0 Å². The van der Waals surface area contributed by atoms with Crippen LogP contribution in [0.3, 0.4) is 0 Å². The van der Waals surface area contributed by atoms with Gasteiger partial charge in [-0.25, -0.2) is 0 Å². The average molecular weight is 950 g/mol. The standard InChI is InChI=1S/C24H36O18Si12/c1-13-43-25-44(14-2)33-47(17-5)26-45(15-3,31-43)35-49(19-7)28-51(21-9,37-47)41-54(24-12)30-53(23-11,39-49)40-50(20-8)29-52(22-10,42-54)38-48(18-6,34-44)27-46(16-4,32-43)36-50/h13-24H,1-12H2. The third-order valence-electron chi connectivity index (χ3n) is 8.12.